The van der Waals surface area contributed by atoms with E-state index in [2.05, 4.69) is 12.2 Å². The van der Waals surface area contributed by atoms with Gasteiger partial charge in [-0.1, -0.05) is 20.3 Å². The lowest BCUT2D eigenvalue weighted by atomic mass is 9.96. The van der Waals surface area contributed by atoms with E-state index in [1.807, 2.05) is 6.92 Å². The Morgan fingerprint density at radius 2 is 2.29 bits per heavy atom. The average molecular weight is 240 g/mol. The molecule has 4 nitrogen and oxygen atoms in total. The number of likely N-dealkylation sites (tertiary alicyclic amines) is 1. The Morgan fingerprint density at radius 1 is 1.53 bits per heavy atom. The summed E-state index contributed by atoms with van der Waals surface area (Å²) in [7, 11) is 0. The van der Waals surface area contributed by atoms with Gasteiger partial charge in [-0.25, -0.2) is 4.79 Å². The van der Waals surface area contributed by atoms with Crippen molar-refractivity contribution >= 4 is 6.03 Å². The Hall–Kier alpha value is -0.770. The number of carbonyl (C=O) groups is 1. The molecule has 1 aliphatic carbocycles. The van der Waals surface area contributed by atoms with E-state index in [4.69, 9.17) is 0 Å². The van der Waals surface area contributed by atoms with Crippen LogP contribution < -0.4 is 5.32 Å². The number of β-amino-alcohol motifs (C(OH)–C–C–N with tert-alkyl or cyclic N) is 1. The van der Waals surface area contributed by atoms with Gasteiger partial charge in [0, 0.05) is 19.1 Å². The van der Waals surface area contributed by atoms with E-state index < -0.39 is 0 Å². The monoisotopic (exact) mass is 240 g/mol. The van der Waals surface area contributed by atoms with Gasteiger partial charge in [-0.3, -0.25) is 0 Å². The molecule has 17 heavy (non-hydrogen) atoms. The van der Waals surface area contributed by atoms with Crippen LogP contribution in [0.5, 0.6) is 0 Å². The zero-order chi connectivity index (χ0) is 12.4. The van der Waals surface area contributed by atoms with Crippen molar-refractivity contribution in [2.24, 2.45) is 11.8 Å². The number of amides is 2. The third-order valence-corrected chi connectivity index (χ3v) is 4.10. The smallest absolute Gasteiger partial charge is 0.317 e. The molecule has 1 aliphatic heterocycles. The summed E-state index contributed by atoms with van der Waals surface area (Å²) in [4.78, 5) is 13.7. The van der Waals surface area contributed by atoms with Crippen LogP contribution in [0, 0.1) is 11.8 Å². The molecule has 2 aliphatic rings. The highest BCUT2D eigenvalue weighted by molar-refractivity contribution is 5.75. The van der Waals surface area contributed by atoms with Crippen LogP contribution in [0.1, 0.15) is 39.5 Å². The molecule has 1 saturated carbocycles. The molecule has 2 N–H and O–H groups in total. The lowest BCUT2D eigenvalue weighted by molar-refractivity contribution is 0.0434. The van der Waals surface area contributed by atoms with Crippen molar-refractivity contribution in [2.45, 2.75) is 51.7 Å². The van der Waals surface area contributed by atoms with Gasteiger partial charge >= 0.3 is 6.03 Å². The SMILES string of the molecule is CCCC1CC1NC(=O)N1CCC(C)C(O)C1. The Morgan fingerprint density at radius 3 is 2.94 bits per heavy atom. The van der Waals surface area contributed by atoms with Gasteiger partial charge in [0.25, 0.3) is 0 Å². The van der Waals surface area contributed by atoms with Crippen LogP contribution in [0.2, 0.25) is 0 Å². The predicted molar refractivity (Wildman–Crippen MR) is 66.7 cm³/mol. The van der Waals surface area contributed by atoms with Crippen molar-refractivity contribution in [3.05, 3.63) is 0 Å². The minimum absolute atomic E-state index is 0.0135. The van der Waals surface area contributed by atoms with Gasteiger partial charge in [-0.05, 0) is 31.1 Å². The molecule has 0 radical (unpaired) electrons. The average Bonchev–Trinajstić information content (AvgIpc) is 3.01. The molecule has 1 saturated heterocycles. The summed E-state index contributed by atoms with van der Waals surface area (Å²) in [5.41, 5.74) is 0. The Labute approximate surface area is 103 Å². The number of nitrogens with one attached hydrogen (secondary N) is 1. The highest BCUT2D eigenvalue weighted by Gasteiger charge is 2.38. The van der Waals surface area contributed by atoms with Crippen molar-refractivity contribution in [1.29, 1.82) is 0 Å². The van der Waals surface area contributed by atoms with Gasteiger partial charge in [0.2, 0.25) is 0 Å². The van der Waals surface area contributed by atoms with Crippen molar-refractivity contribution < 1.29 is 9.90 Å². The minimum Gasteiger partial charge on any atom is -0.391 e. The standard InChI is InChI=1S/C13H24N2O2/c1-3-4-10-7-11(10)14-13(17)15-6-5-9(2)12(16)8-15/h9-12,16H,3-8H2,1-2H3,(H,14,17). The highest BCUT2D eigenvalue weighted by atomic mass is 16.3. The van der Waals surface area contributed by atoms with E-state index in [1.54, 1.807) is 4.90 Å². The molecule has 4 unspecified atom stereocenters. The molecule has 4 heteroatoms. The molecule has 2 amide bonds. The highest BCUT2D eigenvalue weighted by Crippen LogP contribution is 2.34. The Kier molecular flexibility index (Phi) is 3.92. The summed E-state index contributed by atoms with van der Waals surface area (Å²) in [5.74, 6) is 1.01. The number of nitrogens with zero attached hydrogens (tertiary/aromatic N) is 1. The van der Waals surface area contributed by atoms with E-state index in [-0.39, 0.29) is 12.1 Å². The molecular weight excluding hydrogens is 216 g/mol. The molecule has 0 aromatic carbocycles. The second kappa shape index (κ2) is 5.25. The van der Waals surface area contributed by atoms with E-state index in [1.165, 1.54) is 12.8 Å². The largest absolute Gasteiger partial charge is 0.391 e. The lowest BCUT2D eigenvalue weighted by Gasteiger charge is -2.34. The van der Waals surface area contributed by atoms with Crippen molar-refractivity contribution in [3.63, 3.8) is 0 Å². The molecule has 0 aromatic rings. The first kappa shape index (κ1) is 12.7. The number of urea groups is 1. The number of hydrogen-bond acceptors (Lipinski definition) is 2. The number of rotatable bonds is 3. The zero-order valence-corrected chi connectivity index (χ0v) is 10.9. The number of aliphatic hydroxyl groups is 1. The van der Waals surface area contributed by atoms with Crippen LogP contribution in [0.15, 0.2) is 0 Å². The molecule has 1 heterocycles. The topological polar surface area (TPSA) is 52.6 Å². The first-order valence-corrected chi connectivity index (χ1v) is 6.85. The van der Waals surface area contributed by atoms with E-state index >= 15 is 0 Å². The maximum absolute atomic E-state index is 12.0. The predicted octanol–water partition coefficient (Wildman–Crippen LogP) is 1.59. The van der Waals surface area contributed by atoms with E-state index in [0.717, 1.165) is 19.4 Å². The minimum atomic E-state index is -0.361. The van der Waals surface area contributed by atoms with Gasteiger partial charge in [0.05, 0.1) is 6.10 Å². The second-order valence-electron chi connectivity index (χ2n) is 5.62. The summed E-state index contributed by atoms with van der Waals surface area (Å²) < 4.78 is 0. The molecule has 0 aromatic heterocycles. The number of aliphatic hydroxyl groups excluding tert-OH is 1. The lowest BCUT2D eigenvalue weighted by Crippen LogP contribution is -2.50. The normalized spacial score (nSPS) is 36.8. The summed E-state index contributed by atoms with van der Waals surface area (Å²) >= 11 is 0. The zero-order valence-electron chi connectivity index (χ0n) is 10.9. The van der Waals surface area contributed by atoms with Crippen LogP contribution in [-0.4, -0.2) is 41.3 Å². The Bertz CT molecular complexity index is 283. The molecule has 2 rings (SSSR count). The fourth-order valence-corrected chi connectivity index (χ4v) is 2.60. The summed E-state index contributed by atoms with van der Waals surface area (Å²) in [6.07, 6.45) is 4.08. The van der Waals surface area contributed by atoms with Gasteiger partial charge < -0.3 is 15.3 Å². The maximum atomic E-state index is 12.0. The molecule has 4 atom stereocenters. The van der Waals surface area contributed by atoms with E-state index in [9.17, 15) is 9.90 Å². The molecule has 0 bridgehead atoms. The maximum Gasteiger partial charge on any atom is 0.317 e. The number of hydrogen-bond donors (Lipinski definition) is 2. The quantitative estimate of drug-likeness (QED) is 0.787. The van der Waals surface area contributed by atoms with Crippen LogP contribution in [0.25, 0.3) is 0 Å². The number of piperidine rings is 1. The van der Waals surface area contributed by atoms with Gasteiger partial charge in [0.15, 0.2) is 0 Å². The molecule has 0 spiro atoms. The summed E-state index contributed by atoms with van der Waals surface area (Å²) in [6, 6.07) is 0.401. The Balaban J connectivity index is 1.74. The summed E-state index contributed by atoms with van der Waals surface area (Å²) in [5, 5.41) is 12.8. The van der Waals surface area contributed by atoms with Crippen LogP contribution >= 0.6 is 0 Å². The van der Waals surface area contributed by atoms with Gasteiger partial charge in [-0.15, -0.1) is 0 Å². The van der Waals surface area contributed by atoms with Crippen LogP contribution in [0.4, 0.5) is 4.79 Å². The second-order valence-corrected chi connectivity index (χ2v) is 5.62. The fraction of sp³-hybridized carbons (Fsp3) is 0.923. The molecule has 2 fully saturated rings. The van der Waals surface area contributed by atoms with Crippen LogP contribution in [-0.2, 0) is 0 Å². The summed E-state index contributed by atoms with van der Waals surface area (Å²) in [6.45, 7) is 5.48. The van der Waals surface area contributed by atoms with Crippen molar-refractivity contribution in [3.8, 4) is 0 Å². The fourth-order valence-electron chi connectivity index (χ4n) is 2.60. The first-order valence-electron chi connectivity index (χ1n) is 6.85. The molecular formula is C13H24N2O2. The van der Waals surface area contributed by atoms with Gasteiger partial charge in [-0.2, -0.15) is 0 Å². The van der Waals surface area contributed by atoms with Gasteiger partial charge in [0.1, 0.15) is 0 Å². The van der Waals surface area contributed by atoms with E-state index in [0.29, 0.717) is 24.4 Å². The first-order chi connectivity index (χ1) is 8.11. The molecule has 98 valence electrons. The third kappa shape index (κ3) is 3.12. The number of carbonyl (C=O) groups excluding carboxylic acids is 1. The van der Waals surface area contributed by atoms with Crippen molar-refractivity contribution in [2.75, 3.05) is 13.1 Å². The third-order valence-electron chi connectivity index (χ3n) is 4.10. The van der Waals surface area contributed by atoms with Crippen LogP contribution in [0.3, 0.4) is 0 Å². The van der Waals surface area contributed by atoms with Crippen molar-refractivity contribution in [1.82, 2.24) is 10.2 Å².